The van der Waals surface area contributed by atoms with Gasteiger partial charge in [0.25, 0.3) is 5.91 Å². The van der Waals surface area contributed by atoms with Crippen LogP contribution in [0.25, 0.3) is 27.7 Å². The van der Waals surface area contributed by atoms with Gasteiger partial charge in [-0.1, -0.05) is 54.6 Å². The lowest BCUT2D eigenvalue weighted by Gasteiger charge is -2.14. The summed E-state index contributed by atoms with van der Waals surface area (Å²) in [5.74, 6) is -1.23. The molecule has 4 aromatic carbocycles. The standard InChI is InChI=1S/C33H29N3O7/c1-4-42-27-19-22(17-18-26(27)43-20-28(37)34-25-16-10-12-21-11-8-9-15-24(21)25)30-29(32(38)40-2)31(33(39)41-3)36(35-30)23-13-6-5-7-14-23/h5-19H,4,20H2,1-3H3,(H,34,37). The van der Waals surface area contributed by atoms with Crippen molar-refractivity contribution in [3.63, 3.8) is 0 Å². The van der Waals surface area contributed by atoms with E-state index in [4.69, 9.17) is 18.9 Å². The van der Waals surface area contributed by atoms with Crippen LogP contribution in [0.4, 0.5) is 5.69 Å². The first kappa shape index (κ1) is 28.9. The average Bonchev–Trinajstić information content (AvgIpc) is 3.45. The number of rotatable bonds is 10. The highest BCUT2D eigenvalue weighted by molar-refractivity contribution is 6.07. The van der Waals surface area contributed by atoms with Gasteiger partial charge in [0.15, 0.2) is 23.8 Å². The van der Waals surface area contributed by atoms with Crippen LogP contribution in [0.3, 0.4) is 0 Å². The van der Waals surface area contributed by atoms with E-state index in [2.05, 4.69) is 10.4 Å². The Morgan fingerprint density at radius 3 is 2.26 bits per heavy atom. The number of esters is 2. The molecule has 10 nitrogen and oxygen atoms in total. The highest BCUT2D eigenvalue weighted by Gasteiger charge is 2.31. The number of amides is 1. The number of anilines is 1. The van der Waals surface area contributed by atoms with E-state index in [0.717, 1.165) is 10.8 Å². The fourth-order valence-corrected chi connectivity index (χ4v) is 4.66. The van der Waals surface area contributed by atoms with Gasteiger partial charge in [-0.05, 0) is 48.7 Å². The Bertz CT molecular complexity index is 1790. The van der Waals surface area contributed by atoms with Crippen molar-refractivity contribution < 1.29 is 33.3 Å². The summed E-state index contributed by atoms with van der Waals surface area (Å²) >= 11 is 0. The molecule has 0 spiro atoms. The third kappa shape index (κ3) is 6.03. The number of benzene rings is 4. The molecule has 0 saturated heterocycles. The number of nitrogens with one attached hydrogen (secondary N) is 1. The number of carbonyl (C=O) groups is 3. The molecule has 0 atom stereocenters. The zero-order chi connectivity index (χ0) is 30.3. The molecular weight excluding hydrogens is 550 g/mol. The molecule has 218 valence electrons. The Balaban J connectivity index is 1.47. The second-order valence-electron chi connectivity index (χ2n) is 9.26. The van der Waals surface area contributed by atoms with E-state index < -0.39 is 11.9 Å². The van der Waals surface area contributed by atoms with Gasteiger partial charge < -0.3 is 24.3 Å². The lowest BCUT2D eigenvalue weighted by Crippen LogP contribution is -2.20. The van der Waals surface area contributed by atoms with Gasteiger partial charge in [-0.2, -0.15) is 5.10 Å². The molecule has 10 heteroatoms. The maximum Gasteiger partial charge on any atom is 0.357 e. The highest BCUT2D eigenvalue weighted by Crippen LogP contribution is 2.36. The van der Waals surface area contributed by atoms with E-state index in [1.807, 2.05) is 55.5 Å². The Morgan fingerprint density at radius 1 is 0.791 bits per heavy atom. The molecule has 1 N–H and O–H groups in total. The number of hydrogen-bond donors (Lipinski definition) is 1. The summed E-state index contributed by atoms with van der Waals surface area (Å²) < 4.78 is 23.0. The van der Waals surface area contributed by atoms with Gasteiger partial charge in [-0.15, -0.1) is 0 Å². The maximum atomic E-state index is 13.0. The summed E-state index contributed by atoms with van der Waals surface area (Å²) in [5, 5.41) is 9.44. The van der Waals surface area contributed by atoms with Crippen molar-refractivity contribution in [1.29, 1.82) is 0 Å². The van der Waals surface area contributed by atoms with Crippen LogP contribution < -0.4 is 14.8 Å². The van der Waals surface area contributed by atoms with E-state index >= 15 is 0 Å². The topological polar surface area (TPSA) is 118 Å². The predicted molar refractivity (Wildman–Crippen MR) is 161 cm³/mol. The summed E-state index contributed by atoms with van der Waals surface area (Å²) in [6.07, 6.45) is 0. The maximum absolute atomic E-state index is 13.0. The summed E-state index contributed by atoms with van der Waals surface area (Å²) in [7, 11) is 2.44. The molecule has 0 unspecified atom stereocenters. The summed E-state index contributed by atoms with van der Waals surface area (Å²) in [4.78, 5) is 38.7. The minimum absolute atomic E-state index is 0.0659. The van der Waals surface area contributed by atoms with Crippen molar-refractivity contribution in [3.05, 3.63) is 102 Å². The summed E-state index contributed by atoms with van der Waals surface area (Å²) in [5.41, 5.74) is 1.70. The Morgan fingerprint density at radius 2 is 1.51 bits per heavy atom. The minimum atomic E-state index is -0.763. The number of aromatic nitrogens is 2. The fraction of sp³-hybridized carbons (Fsp3) is 0.152. The molecule has 0 fully saturated rings. The number of para-hydroxylation sites is 1. The van der Waals surface area contributed by atoms with E-state index in [1.54, 1.807) is 42.5 Å². The van der Waals surface area contributed by atoms with Crippen LogP contribution >= 0.6 is 0 Å². The Hall–Kier alpha value is -5.64. The third-order valence-electron chi connectivity index (χ3n) is 6.59. The van der Waals surface area contributed by atoms with Crippen molar-refractivity contribution in [3.8, 4) is 28.4 Å². The lowest BCUT2D eigenvalue weighted by atomic mass is 10.0. The van der Waals surface area contributed by atoms with Crippen molar-refractivity contribution in [2.45, 2.75) is 6.92 Å². The number of fused-ring (bicyclic) bond motifs is 1. The molecule has 43 heavy (non-hydrogen) atoms. The minimum Gasteiger partial charge on any atom is -0.490 e. The van der Waals surface area contributed by atoms with Crippen LogP contribution in [0.5, 0.6) is 11.5 Å². The van der Waals surface area contributed by atoms with E-state index in [1.165, 1.54) is 18.9 Å². The van der Waals surface area contributed by atoms with Crippen LogP contribution in [0.15, 0.2) is 91.0 Å². The zero-order valence-corrected chi connectivity index (χ0v) is 23.8. The van der Waals surface area contributed by atoms with Crippen LogP contribution in [-0.4, -0.2) is 55.1 Å². The smallest absolute Gasteiger partial charge is 0.357 e. The molecule has 5 aromatic rings. The number of ether oxygens (including phenoxy) is 4. The molecule has 0 radical (unpaired) electrons. The number of hydrogen-bond acceptors (Lipinski definition) is 8. The normalized spacial score (nSPS) is 10.7. The quantitative estimate of drug-likeness (QED) is 0.210. The van der Waals surface area contributed by atoms with Crippen molar-refractivity contribution in [1.82, 2.24) is 9.78 Å². The van der Waals surface area contributed by atoms with Crippen molar-refractivity contribution in [2.75, 3.05) is 32.8 Å². The first-order valence-corrected chi connectivity index (χ1v) is 13.5. The van der Waals surface area contributed by atoms with Gasteiger partial charge in [-0.3, -0.25) is 4.79 Å². The van der Waals surface area contributed by atoms with Gasteiger partial charge in [-0.25, -0.2) is 14.3 Å². The van der Waals surface area contributed by atoms with Crippen LogP contribution in [0.1, 0.15) is 27.8 Å². The molecule has 0 aliphatic rings. The molecule has 0 saturated carbocycles. The first-order valence-electron chi connectivity index (χ1n) is 13.5. The highest BCUT2D eigenvalue weighted by atomic mass is 16.5. The molecule has 1 aromatic heterocycles. The van der Waals surface area contributed by atoms with Gasteiger partial charge in [0.05, 0.1) is 26.5 Å². The second kappa shape index (κ2) is 12.9. The van der Waals surface area contributed by atoms with E-state index in [0.29, 0.717) is 35.0 Å². The second-order valence-corrected chi connectivity index (χ2v) is 9.26. The van der Waals surface area contributed by atoms with Crippen molar-refractivity contribution >= 4 is 34.3 Å². The third-order valence-corrected chi connectivity index (χ3v) is 6.59. The van der Waals surface area contributed by atoms with Gasteiger partial charge in [0, 0.05) is 16.6 Å². The largest absolute Gasteiger partial charge is 0.490 e. The molecule has 0 bridgehead atoms. The molecule has 0 aliphatic heterocycles. The summed E-state index contributed by atoms with van der Waals surface area (Å²) in [6, 6.07) is 27.2. The van der Waals surface area contributed by atoms with Crippen LogP contribution in [0, 0.1) is 0 Å². The van der Waals surface area contributed by atoms with Gasteiger partial charge in [0.1, 0.15) is 11.3 Å². The average molecular weight is 580 g/mol. The van der Waals surface area contributed by atoms with Crippen LogP contribution in [0.2, 0.25) is 0 Å². The van der Waals surface area contributed by atoms with Gasteiger partial charge >= 0.3 is 11.9 Å². The van der Waals surface area contributed by atoms with Crippen LogP contribution in [-0.2, 0) is 14.3 Å². The number of carbonyl (C=O) groups excluding carboxylic acids is 3. The zero-order valence-electron chi connectivity index (χ0n) is 23.8. The number of nitrogens with zero attached hydrogens (tertiary/aromatic N) is 2. The van der Waals surface area contributed by atoms with E-state index in [9.17, 15) is 14.4 Å². The van der Waals surface area contributed by atoms with Crippen molar-refractivity contribution in [2.24, 2.45) is 0 Å². The lowest BCUT2D eigenvalue weighted by molar-refractivity contribution is -0.118. The Labute approximate surface area is 247 Å². The van der Waals surface area contributed by atoms with E-state index in [-0.39, 0.29) is 29.5 Å². The molecular formula is C33H29N3O7. The SMILES string of the molecule is CCOc1cc(-c2nn(-c3ccccc3)c(C(=O)OC)c2C(=O)OC)ccc1OCC(=O)Nc1cccc2ccccc12. The monoisotopic (exact) mass is 579 g/mol. The summed E-state index contributed by atoms with van der Waals surface area (Å²) in [6.45, 7) is 1.84. The predicted octanol–water partition coefficient (Wildman–Crippen LogP) is 5.68. The van der Waals surface area contributed by atoms with Gasteiger partial charge in [0.2, 0.25) is 0 Å². The molecule has 1 heterocycles. The Kier molecular flexibility index (Phi) is 8.66. The fourth-order valence-electron chi connectivity index (χ4n) is 4.66. The molecule has 0 aliphatic carbocycles. The molecule has 1 amide bonds. The first-order chi connectivity index (χ1) is 20.9. The molecule has 5 rings (SSSR count). The number of methoxy groups -OCH3 is 2.